The highest BCUT2D eigenvalue weighted by molar-refractivity contribution is 5.94. The van der Waals surface area contributed by atoms with Gasteiger partial charge in [-0.05, 0) is 36.6 Å². The molecule has 0 saturated carbocycles. The second kappa shape index (κ2) is 7.48. The minimum atomic E-state index is -0.0586. The maximum Gasteiger partial charge on any atom is 0.251 e. The highest BCUT2D eigenvalue weighted by Gasteiger charge is 2.13. The average molecular weight is 283 g/mol. The van der Waals surface area contributed by atoms with Crippen molar-refractivity contribution in [2.24, 2.45) is 0 Å². The molecule has 0 bridgehead atoms. The van der Waals surface area contributed by atoms with Gasteiger partial charge >= 0.3 is 0 Å². The molecule has 110 valence electrons. The number of amides is 1. The second-order valence-corrected chi connectivity index (χ2v) is 5.00. The molecule has 21 heavy (non-hydrogen) atoms. The van der Waals surface area contributed by atoms with E-state index in [0.29, 0.717) is 11.3 Å². The summed E-state index contributed by atoms with van der Waals surface area (Å²) in [5.74, 6) is 0.635. The van der Waals surface area contributed by atoms with Crippen LogP contribution in [-0.4, -0.2) is 19.1 Å². The Labute approximate surface area is 126 Å². The first-order valence-electron chi connectivity index (χ1n) is 7.21. The number of benzene rings is 2. The number of ether oxygens (including phenoxy) is 1. The van der Waals surface area contributed by atoms with E-state index in [2.05, 4.69) is 24.4 Å². The third-order valence-electron chi connectivity index (χ3n) is 3.48. The van der Waals surface area contributed by atoms with Crippen molar-refractivity contribution in [1.82, 2.24) is 5.32 Å². The largest absolute Gasteiger partial charge is 0.497 e. The molecule has 0 aliphatic rings. The van der Waals surface area contributed by atoms with Crippen LogP contribution in [0.15, 0.2) is 54.6 Å². The van der Waals surface area contributed by atoms with Crippen LogP contribution in [0.2, 0.25) is 0 Å². The molecule has 3 nitrogen and oxygen atoms in total. The zero-order valence-electron chi connectivity index (χ0n) is 12.5. The molecular formula is C18H21NO2. The molecule has 1 amide bonds. The summed E-state index contributed by atoms with van der Waals surface area (Å²) in [7, 11) is 1.60. The van der Waals surface area contributed by atoms with Gasteiger partial charge in [0.15, 0.2) is 0 Å². The molecule has 0 radical (unpaired) electrons. The molecule has 0 aromatic heterocycles. The van der Waals surface area contributed by atoms with Crippen molar-refractivity contribution in [2.75, 3.05) is 7.11 Å². The Morgan fingerprint density at radius 2 is 1.90 bits per heavy atom. The van der Waals surface area contributed by atoms with Crippen molar-refractivity contribution >= 4 is 5.91 Å². The molecule has 0 heterocycles. The van der Waals surface area contributed by atoms with Crippen LogP contribution in [0.1, 0.15) is 29.3 Å². The first-order valence-corrected chi connectivity index (χ1v) is 7.21. The monoisotopic (exact) mass is 283 g/mol. The zero-order chi connectivity index (χ0) is 15.1. The van der Waals surface area contributed by atoms with Gasteiger partial charge in [0, 0.05) is 11.6 Å². The lowest BCUT2D eigenvalue weighted by Crippen LogP contribution is -2.35. The maximum atomic E-state index is 12.3. The Hall–Kier alpha value is -2.29. The number of hydrogen-bond acceptors (Lipinski definition) is 2. The Kier molecular flexibility index (Phi) is 5.38. The van der Waals surface area contributed by atoms with Crippen molar-refractivity contribution in [3.8, 4) is 5.75 Å². The van der Waals surface area contributed by atoms with E-state index in [0.717, 1.165) is 12.8 Å². The molecule has 0 aliphatic carbocycles. The summed E-state index contributed by atoms with van der Waals surface area (Å²) in [4.78, 5) is 12.3. The van der Waals surface area contributed by atoms with E-state index in [9.17, 15) is 4.79 Å². The van der Waals surface area contributed by atoms with E-state index in [1.807, 2.05) is 30.3 Å². The molecule has 0 spiro atoms. The summed E-state index contributed by atoms with van der Waals surface area (Å²) < 4.78 is 5.15. The van der Waals surface area contributed by atoms with E-state index in [-0.39, 0.29) is 11.9 Å². The summed E-state index contributed by atoms with van der Waals surface area (Å²) in [6.45, 7) is 2.08. The van der Waals surface area contributed by atoms with Gasteiger partial charge in [0.05, 0.1) is 7.11 Å². The molecule has 0 unspecified atom stereocenters. The molecular weight excluding hydrogens is 262 g/mol. The van der Waals surface area contributed by atoms with Gasteiger partial charge in [-0.25, -0.2) is 0 Å². The van der Waals surface area contributed by atoms with Gasteiger partial charge in [0.25, 0.3) is 5.91 Å². The van der Waals surface area contributed by atoms with E-state index in [1.165, 1.54) is 5.56 Å². The number of nitrogens with one attached hydrogen (secondary N) is 1. The number of hydrogen-bond donors (Lipinski definition) is 1. The quantitative estimate of drug-likeness (QED) is 0.882. The Bertz CT molecular complexity index is 581. The lowest BCUT2D eigenvalue weighted by atomic mass is 10.0. The maximum absolute atomic E-state index is 12.3. The molecule has 0 fully saturated rings. The first kappa shape index (κ1) is 15.1. The van der Waals surface area contributed by atoms with Crippen molar-refractivity contribution in [2.45, 2.75) is 25.8 Å². The molecule has 2 rings (SSSR count). The third-order valence-corrected chi connectivity index (χ3v) is 3.48. The molecule has 1 N–H and O–H groups in total. The van der Waals surface area contributed by atoms with Crippen LogP contribution < -0.4 is 10.1 Å². The topological polar surface area (TPSA) is 38.3 Å². The summed E-state index contributed by atoms with van der Waals surface area (Å²) in [5.41, 5.74) is 1.86. The van der Waals surface area contributed by atoms with Gasteiger partial charge in [-0.2, -0.15) is 0 Å². The van der Waals surface area contributed by atoms with E-state index >= 15 is 0 Å². The van der Waals surface area contributed by atoms with Gasteiger partial charge in [-0.15, -0.1) is 0 Å². The average Bonchev–Trinajstić information content (AvgIpc) is 2.55. The number of carbonyl (C=O) groups is 1. The highest BCUT2D eigenvalue weighted by Crippen LogP contribution is 2.13. The predicted octanol–water partition coefficient (Wildman–Crippen LogP) is 3.45. The van der Waals surface area contributed by atoms with Crippen LogP contribution in [0.5, 0.6) is 5.75 Å². The Morgan fingerprint density at radius 3 is 2.57 bits per heavy atom. The van der Waals surface area contributed by atoms with Crippen LogP contribution >= 0.6 is 0 Å². The van der Waals surface area contributed by atoms with Crippen LogP contribution in [-0.2, 0) is 6.42 Å². The smallest absolute Gasteiger partial charge is 0.251 e. The zero-order valence-corrected chi connectivity index (χ0v) is 12.5. The number of carbonyl (C=O) groups excluding carboxylic acids is 1. The van der Waals surface area contributed by atoms with Crippen molar-refractivity contribution in [3.63, 3.8) is 0 Å². The fourth-order valence-electron chi connectivity index (χ4n) is 2.23. The lowest BCUT2D eigenvalue weighted by molar-refractivity contribution is 0.0935. The van der Waals surface area contributed by atoms with Crippen LogP contribution in [0.4, 0.5) is 0 Å². The van der Waals surface area contributed by atoms with Crippen LogP contribution in [0, 0.1) is 0 Å². The van der Waals surface area contributed by atoms with Gasteiger partial charge < -0.3 is 10.1 Å². The summed E-state index contributed by atoms with van der Waals surface area (Å²) in [6, 6.07) is 17.5. The fraction of sp³-hybridized carbons (Fsp3) is 0.278. The van der Waals surface area contributed by atoms with Gasteiger partial charge in [-0.3, -0.25) is 4.79 Å². The minimum Gasteiger partial charge on any atom is -0.497 e. The Balaban J connectivity index is 2.02. The van der Waals surface area contributed by atoms with E-state index < -0.39 is 0 Å². The van der Waals surface area contributed by atoms with Crippen molar-refractivity contribution in [1.29, 1.82) is 0 Å². The molecule has 3 heteroatoms. The van der Waals surface area contributed by atoms with E-state index in [4.69, 9.17) is 4.74 Å². The lowest BCUT2D eigenvalue weighted by Gasteiger charge is -2.17. The van der Waals surface area contributed by atoms with Gasteiger partial charge in [0.2, 0.25) is 0 Å². The highest BCUT2D eigenvalue weighted by atomic mass is 16.5. The van der Waals surface area contributed by atoms with Gasteiger partial charge in [-0.1, -0.05) is 43.3 Å². The minimum absolute atomic E-state index is 0.0586. The summed E-state index contributed by atoms with van der Waals surface area (Å²) in [5, 5.41) is 3.09. The van der Waals surface area contributed by atoms with Crippen LogP contribution in [0.25, 0.3) is 0 Å². The van der Waals surface area contributed by atoms with Crippen molar-refractivity contribution < 1.29 is 9.53 Å². The second-order valence-electron chi connectivity index (χ2n) is 5.00. The van der Waals surface area contributed by atoms with Gasteiger partial charge in [0.1, 0.15) is 5.75 Å². The summed E-state index contributed by atoms with van der Waals surface area (Å²) >= 11 is 0. The molecule has 1 atom stereocenters. The standard InChI is InChI=1S/C18H21NO2/c1-3-16(12-14-8-5-4-6-9-14)19-18(20)15-10-7-11-17(13-15)21-2/h4-11,13,16H,3,12H2,1-2H3,(H,19,20)/t16-/m1/s1. The number of methoxy groups -OCH3 is 1. The molecule has 2 aromatic rings. The van der Waals surface area contributed by atoms with E-state index in [1.54, 1.807) is 19.2 Å². The first-order chi connectivity index (χ1) is 10.2. The predicted molar refractivity (Wildman–Crippen MR) is 84.7 cm³/mol. The SMILES string of the molecule is CC[C@H](Cc1ccccc1)NC(=O)c1cccc(OC)c1. The summed E-state index contributed by atoms with van der Waals surface area (Å²) in [6.07, 6.45) is 1.73. The molecule has 0 saturated heterocycles. The molecule has 2 aromatic carbocycles. The third kappa shape index (κ3) is 4.35. The normalized spacial score (nSPS) is 11.7. The molecule has 0 aliphatic heterocycles. The van der Waals surface area contributed by atoms with Crippen molar-refractivity contribution in [3.05, 3.63) is 65.7 Å². The fourth-order valence-corrected chi connectivity index (χ4v) is 2.23. The van der Waals surface area contributed by atoms with Crippen LogP contribution in [0.3, 0.4) is 0 Å². The Morgan fingerprint density at radius 1 is 1.14 bits per heavy atom. The number of rotatable bonds is 6.